The Balaban J connectivity index is 0.00000338. The lowest BCUT2D eigenvalue weighted by molar-refractivity contribution is -0.119. The Bertz CT molecular complexity index is 624. The molecule has 0 aliphatic carbocycles. The van der Waals surface area contributed by atoms with E-state index >= 15 is 0 Å². The van der Waals surface area contributed by atoms with Gasteiger partial charge < -0.3 is 25.4 Å². The molecule has 0 saturated carbocycles. The number of rotatable bonds is 6. The van der Waals surface area contributed by atoms with Gasteiger partial charge in [0.15, 0.2) is 17.5 Å². The van der Waals surface area contributed by atoms with Crippen molar-refractivity contribution in [2.75, 3.05) is 34.4 Å². The van der Waals surface area contributed by atoms with Crippen LogP contribution in [0.2, 0.25) is 0 Å². The number of carbonyl (C=O) groups excluding carboxylic acids is 1. The van der Waals surface area contributed by atoms with E-state index in [1.54, 1.807) is 21.3 Å². The van der Waals surface area contributed by atoms with E-state index in [9.17, 15) is 4.79 Å². The molecule has 1 unspecified atom stereocenters. The fourth-order valence-electron chi connectivity index (χ4n) is 3.21. The lowest BCUT2D eigenvalue weighted by atomic mass is 9.95. The number of primary amides is 1. The maximum absolute atomic E-state index is 11.2. The van der Waals surface area contributed by atoms with Gasteiger partial charge in [-0.15, -0.1) is 24.0 Å². The molecular formula is C18H29IN4O3. The number of halogens is 1. The van der Waals surface area contributed by atoms with Crippen LogP contribution in [0.15, 0.2) is 23.2 Å². The third-order valence-corrected chi connectivity index (χ3v) is 4.42. The van der Waals surface area contributed by atoms with E-state index in [1.165, 1.54) is 0 Å². The van der Waals surface area contributed by atoms with Gasteiger partial charge in [0.25, 0.3) is 0 Å². The molecule has 1 aliphatic rings. The molecule has 1 amide bonds. The van der Waals surface area contributed by atoms with Crippen LogP contribution in [0.1, 0.15) is 24.8 Å². The summed E-state index contributed by atoms with van der Waals surface area (Å²) in [5.41, 5.74) is 6.41. The molecule has 1 aromatic rings. The number of likely N-dealkylation sites (tertiary alicyclic amines) is 1. The fourth-order valence-corrected chi connectivity index (χ4v) is 3.21. The Morgan fingerprint density at radius 3 is 2.69 bits per heavy atom. The van der Waals surface area contributed by atoms with Crippen LogP contribution in [0, 0.1) is 5.92 Å². The predicted octanol–water partition coefficient (Wildman–Crippen LogP) is 1.98. The van der Waals surface area contributed by atoms with E-state index in [4.69, 9.17) is 15.2 Å². The highest BCUT2D eigenvalue weighted by atomic mass is 127. The number of aliphatic imine (C=N–C) groups is 1. The summed E-state index contributed by atoms with van der Waals surface area (Å²) in [7, 11) is 5.02. The van der Waals surface area contributed by atoms with Gasteiger partial charge in [-0.1, -0.05) is 6.07 Å². The fraction of sp³-hybridized carbons (Fsp3) is 0.556. The van der Waals surface area contributed by atoms with E-state index in [1.807, 2.05) is 18.2 Å². The summed E-state index contributed by atoms with van der Waals surface area (Å²) in [6.45, 7) is 2.36. The molecule has 0 spiro atoms. The first-order valence-electron chi connectivity index (χ1n) is 8.52. The number of nitrogens with two attached hydrogens (primary N) is 1. The Hall–Kier alpha value is -1.71. The van der Waals surface area contributed by atoms with Gasteiger partial charge in [-0.3, -0.25) is 9.79 Å². The smallest absolute Gasteiger partial charge is 0.217 e. The number of carbonyl (C=O) groups is 1. The maximum Gasteiger partial charge on any atom is 0.217 e. The molecule has 1 aliphatic heterocycles. The van der Waals surface area contributed by atoms with E-state index in [0.29, 0.717) is 30.4 Å². The van der Waals surface area contributed by atoms with E-state index < -0.39 is 0 Å². The average Bonchev–Trinajstić information content (AvgIpc) is 2.61. The van der Waals surface area contributed by atoms with Crippen LogP contribution in [0.25, 0.3) is 0 Å². The number of guanidine groups is 1. The number of methoxy groups -OCH3 is 2. The standard InChI is InChI=1S/C18H28N4O3.HI/c1-20-18(22-8-4-5-14(12-22)10-17(19)23)21-11-13-6-7-15(24-2)16(9-13)25-3;/h6-7,9,14H,4-5,8,10-12H2,1-3H3,(H2,19,23)(H,20,21);1H. The van der Waals surface area contributed by atoms with Gasteiger partial charge in [0, 0.05) is 33.1 Å². The minimum Gasteiger partial charge on any atom is -0.493 e. The Kier molecular flexibility index (Phi) is 9.53. The lowest BCUT2D eigenvalue weighted by Gasteiger charge is -2.34. The second-order valence-corrected chi connectivity index (χ2v) is 6.21. The molecular weight excluding hydrogens is 447 g/mol. The van der Waals surface area contributed by atoms with Gasteiger partial charge in [0.2, 0.25) is 5.91 Å². The van der Waals surface area contributed by atoms with E-state index in [2.05, 4.69) is 15.2 Å². The summed E-state index contributed by atoms with van der Waals surface area (Å²) in [6.07, 6.45) is 2.50. The molecule has 3 N–H and O–H groups in total. The van der Waals surface area contributed by atoms with Crippen LogP contribution < -0.4 is 20.5 Å². The van der Waals surface area contributed by atoms with E-state index in [-0.39, 0.29) is 29.9 Å². The SMILES string of the molecule is CN=C(NCc1ccc(OC)c(OC)c1)N1CCCC(CC(N)=O)C1.I. The number of piperidine rings is 1. The molecule has 146 valence electrons. The largest absolute Gasteiger partial charge is 0.493 e. The molecule has 26 heavy (non-hydrogen) atoms. The van der Waals surface area contributed by atoms with Crippen LogP contribution >= 0.6 is 24.0 Å². The number of hydrogen-bond acceptors (Lipinski definition) is 4. The van der Waals surface area contributed by atoms with Crippen molar-refractivity contribution in [3.8, 4) is 11.5 Å². The molecule has 1 atom stereocenters. The van der Waals surface area contributed by atoms with Crippen molar-refractivity contribution in [3.05, 3.63) is 23.8 Å². The third-order valence-electron chi connectivity index (χ3n) is 4.42. The first-order valence-corrected chi connectivity index (χ1v) is 8.52. The van der Waals surface area contributed by atoms with Gasteiger partial charge in [-0.05, 0) is 36.5 Å². The minimum atomic E-state index is -0.236. The molecule has 8 heteroatoms. The molecule has 1 fully saturated rings. The van der Waals surface area contributed by atoms with Crippen molar-refractivity contribution in [1.82, 2.24) is 10.2 Å². The number of nitrogens with zero attached hydrogens (tertiary/aromatic N) is 2. The van der Waals surface area contributed by atoms with Gasteiger partial charge >= 0.3 is 0 Å². The zero-order chi connectivity index (χ0) is 18.2. The van der Waals surface area contributed by atoms with Crippen LogP contribution in [0.5, 0.6) is 11.5 Å². The second kappa shape index (κ2) is 11.1. The van der Waals surface area contributed by atoms with Crippen molar-refractivity contribution in [2.45, 2.75) is 25.8 Å². The summed E-state index contributed by atoms with van der Waals surface area (Å²) in [5.74, 6) is 2.31. The van der Waals surface area contributed by atoms with Crippen LogP contribution in [-0.2, 0) is 11.3 Å². The predicted molar refractivity (Wildman–Crippen MR) is 113 cm³/mol. The number of amides is 1. The van der Waals surface area contributed by atoms with Crippen LogP contribution in [0.3, 0.4) is 0 Å². The van der Waals surface area contributed by atoms with Gasteiger partial charge in [0.05, 0.1) is 14.2 Å². The minimum absolute atomic E-state index is 0. The average molecular weight is 476 g/mol. The molecule has 0 radical (unpaired) electrons. The number of hydrogen-bond donors (Lipinski definition) is 2. The quantitative estimate of drug-likeness (QED) is 0.373. The maximum atomic E-state index is 11.2. The first kappa shape index (κ1) is 22.3. The van der Waals surface area contributed by atoms with E-state index in [0.717, 1.165) is 37.5 Å². The van der Waals surface area contributed by atoms with Gasteiger partial charge in [-0.2, -0.15) is 0 Å². The third kappa shape index (κ3) is 6.22. The second-order valence-electron chi connectivity index (χ2n) is 6.21. The summed E-state index contributed by atoms with van der Waals surface area (Å²) in [6, 6.07) is 5.83. The van der Waals surface area contributed by atoms with Crippen molar-refractivity contribution in [1.29, 1.82) is 0 Å². The van der Waals surface area contributed by atoms with Crippen molar-refractivity contribution >= 4 is 35.8 Å². The van der Waals surface area contributed by atoms with Crippen molar-refractivity contribution in [2.24, 2.45) is 16.6 Å². The summed E-state index contributed by atoms with van der Waals surface area (Å²) in [4.78, 5) is 17.7. The molecule has 0 aromatic heterocycles. The lowest BCUT2D eigenvalue weighted by Crippen LogP contribution is -2.46. The van der Waals surface area contributed by atoms with Crippen molar-refractivity contribution < 1.29 is 14.3 Å². The molecule has 7 nitrogen and oxygen atoms in total. The topological polar surface area (TPSA) is 89.2 Å². The van der Waals surface area contributed by atoms with Crippen LogP contribution in [-0.4, -0.2) is 51.1 Å². The summed E-state index contributed by atoms with van der Waals surface area (Å²) in [5, 5.41) is 3.38. The highest BCUT2D eigenvalue weighted by Crippen LogP contribution is 2.27. The normalized spacial score (nSPS) is 17.3. The Labute approximate surface area is 172 Å². The summed E-state index contributed by atoms with van der Waals surface area (Å²) >= 11 is 0. The zero-order valence-electron chi connectivity index (χ0n) is 15.7. The molecule has 1 heterocycles. The van der Waals surface area contributed by atoms with Gasteiger partial charge in [0.1, 0.15) is 0 Å². The highest BCUT2D eigenvalue weighted by molar-refractivity contribution is 14.0. The highest BCUT2D eigenvalue weighted by Gasteiger charge is 2.23. The molecule has 0 bridgehead atoms. The number of ether oxygens (including phenoxy) is 2. The summed E-state index contributed by atoms with van der Waals surface area (Å²) < 4.78 is 10.6. The molecule has 2 rings (SSSR count). The zero-order valence-corrected chi connectivity index (χ0v) is 18.0. The van der Waals surface area contributed by atoms with Crippen LogP contribution in [0.4, 0.5) is 0 Å². The Morgan fingerprint density at radius 2 is 2.08 bits per heavy atom. The van der Waals surface area contributed by atoms with Gasteiger partial charge in [-0.25, -0.2) is 0 Å². The molecule has 1 saturated heterocycles. The monoisotopic (exact) mass is 476 g/mol. The number of nitrogens with one attached hydrogen (secondary N) is 1. The first-order chi connectivity index (χ1) is 12.1. The molecule has 1 aromatic carbocycles. The van der Waals surface area contributed by atoms with Crippen molar-refractivity contribution in [3.63, 3.8) is 0 Å². The Morgan fingerprint density at radius 1 is 1.35 bits per heavy atom. The number of benzene rings is 1.